The van der Waals surface area contributed by atoms with Crippen molar-refractivity contribution in [1.82, 2.24) is 15.5 Å². The minimum atomic E-state index is -0.449. The Labute approximate surface area is 119 Å². The van der Waals surface area contributed by atoms with Crippen molar-refractivity contribution in [2.75, 3.05) is 0 Å². The lowest BCUT2D eigenvalue weighted by molar-refractivity contribution is -0.122. The molecule has 0 unspecified atom stereocenters. The molecule has 19 heavy (non-hydrogen) atoms. The maximum absolute atomic E-state index is 11.8. The first-order valence-electron chi connectivity index (χ1n) is 6.56. The normalized spacial score (nSPS) is 13.6. The van der Waals surface area contributed by atoms with Crippen molar-refractivity contribution in [1.29, 1.82) is 0 Å². The summed E-state index contributed by atoms with van der Waals surface area (Å²) in [7, 11) is 0. The van der Waals surface area contributed by atoms with Gasteiger partial charge in [-0.1, -0.05) is 46.0 Å². The molecule has 0 saturated carbocycles. The van der Waals surface area contributed by atoms with Crippen molar-refractivity contribution in [2.45, 2.75) is 59.0 Å². The smallest absolute Gasteiger partial charge is 0.237 e. The Morgan fingerprint density at radius 1 is 1.37 bits per heavy atom. The average Bonchev–Trinajstić information content (AvgIpc) is 2.72. The van der Waals surface area contributed by atoms with E-state index in [1.54, 1.807) is 0 Å². The summed E-state index contributed by atoms with van der Waals surface area (Å²) in [6.07, 6.45) is 0.690. The summed E-state index contributed by atoms with van der Waals surface area (Å²) in [5.41, 5.74) is 5.81. The van der Waals surface area contributed by atoms with E-state index in [0.717, 1.165) is 10.0 Å². The van der Waals surface area contributed by atoms with Gasteiger partial charge in [-0.05, 0) is 12.3 Å². The van der Waals surface area contributed by atoms with E-state index in [4.69, 9.17) is 5.73 Å². The fourth-order valence-electron chi connectivity index (χ4n) is 1.54. The van der Waals surface area contributed by atoms with Gasteiger partial charge in [-0.3, -0.25) is 4.79 Å². The van der Waals surface area contributed by atoms with E-state index < -0.39 is 6.04 Å². The second-order valence-electron chi connectivity index (χ2n) is 6.20. The van der Waals surface area contributed by atoms with Gasteiger partial charge in [0.25, 0.3) is 0 Å². The van der Waals surface area contributed by atoms with Crippen molar-refractivity contribution in [3.8, 4) is 0 Å². The first-order valence-corrected chi connectivity index (χ1v) is 7.38. The molecule has 0 bridgehead atoms. The summed E-state index contributed by atoms with van der Waals surface area (Å²) < 4.78 is 0. The third-order valence-electron chi connectivity index (χ3n) is 2.58. The Hall–Kier alpha value is -1.01. The molecular weight excluding hydrogens is 260 g/mol. The lowest BCUT2D eigenvalue weighted by atomic mass is 9.98. The summed E-state index contributed by atoms with van der Waals surface area (Å²) in [5, 5.41) is 12.8. The van der Waals surface area contributed by atoms with Crippen LogP contribution in [0.15, 0.2) is 0 Å². The zero-order valence-electron chi connectivity index (χ0n) is 12.4. The molecule has 0 radical (unpaired) electrons. The quantitative estimate of drug-likeness (QED) is 0.864. The SMILES string of the molecule is CC(C)C[C@H](N)C(=O)NCc1nnc(C(C)(C)C)s1. The van der Waals surface area contributed by atoms with Crippen LogP contribution in [0.4, 0.5) is 0 Å². The summed E-state index contributed by atoms with van der Waals surface area (Å²) in [4.78, 5) is 11.8. The van der Waals surface area contributed by atoms with Gasteiger partial charge < -0.3 is 11.1 Å². The zero-order chi connectivity index (χ0) is 14.6. The van der Waals surface area contributed by atoms with Crippen LogP contribution >= 0.6 is 11.3 Å². The third kappa shape index (κ3) is 5.24. The van der Waals surface area contributed by atoms with E-state index in [9.17, 15) is 4.79 Å². The van der Waals surface area contributed by atoms with E-state index in [1.807, 2.05) is 13.8 Å². The summed E-state index contributed by atoms with van der Waals surface area (Å²) in [6, 6.07) is -0.449. The molecule has 0 aliphatic heterocycles. The van der Waals surface area contributed by atoms with Crippen molar-refractivity contribution < 1.29 is 4.79 Å². The van der Waals surface area contributed by atoms with Gasteiger partial charge in [0, 0.05) is 5.41 Å². The summed E-state index contributed by atoms with van der Waals surface area (Å²) in [6.45, 7) is 10.8. The van der Waals surface area contributed by atoms with Crippen LogP contribution in [0.25, 0.3) is 0 Å². The first kappa shape index (κ1) is 16.0. The highest BCUT2D eigenvalue weighted by molar-refractivity contribution is 7.11. The number of nitrogens with one attached hydrogen (secondary N) is 1. The van der Waals surface area contributed by atoms with Gasteiger partial charge in [0.15, 0.2) is 0 Å². The van der Waals surface area contributed by atoms with Crippen LogP contribution in [0.2, 0.25) is 0 Å². The molecule has 1 aromatic rings. The highest BCUT2D eigenvalue weighted by Gasteiger charge is 2.20. The molecule has 1 amide bonds. The molecule has 0 aliphatic rings. The minimum Gasteiger partial charge on any atom is -0.348 e. The topological polar surface area (TPSA) is 80.9 Å². The predicted molar refractivity (Wildman–Crippen MR) is 77.9 cm³/mol. The van der Waals surface area contributed by atoms with Crippen LogP contribution in [-0.2, 0) is 16.8 Å². The number of amides is 1. The lowest BCUT2D eigenvalue weighted by Gasteiger charge is -2.13. The Bertz CT molecular complexity index is 423. The Morgan fingerprint density at radius 3 is 2.47 bits per heavy atom. The van der Waals surface area contributed by atoms with Gasteiger partial charge >= 0.3 is 0 Å². The molecule has 5 nitrogen and oxygen atoms in total. The van der Waals surface area contributed by atoms with E-state index in [-0.39, 0.29) is 11.3 Å². The van der Waals surface area contributed by atoms with E-state index in [0.29, 0.717) is 18.9 Å². The highest BCUT2D eigenvalue weighted by atomic mass is 32.1. The standard InChI is InChI=1S/C13H24N4OS/c1-8(2)6-9(14)11(18)15-7-10-16-17-12(19-10)13(3,4)5/h8-9H,6-7,14H2,1-5H3,(H,15,18)/t9-/m0/s1. The molecule has 1 aromatic heterocycles. The van der Waals surface area contributed by atoms with Gasteiger partial charge in [0.2, 0.25) is 5.91 Å². The number of nitrogens with zero attached hydrogens (tertiary/aromatic N) is 2. The molecule has 1 rings (SSSR count). The van der Waals surface area contributed by atoms with Crippen LogP contribution in [0, 0.1) is 5.92 Å². The highest BCUT2D eigenvalue weighted by Crippen LogP contribution is 2.25. The predicted octanol–water partition coefficient (Wildman–Crippen LogP) is 1.83. The third-order valence-corrected chi connectivity index (χ3v) is 3.93. The fourth-order valence-corrected chi connectivity index (χ4v) is 2.37. The first-order chi connectivity index (χ1) is 8.70. The van der Waals surface area contributed by atoms with Crippen molar-refractivity contribution in [3.63, 3.8) is 0 Å². The second-order valence-corrected chi connectivity index (χ2v) is 7.27. The van der Waals surface area contributed by atoms with Crippen molar-refractivity contribution >= 4 is 17.2 Å². The largest absolute Gasteiger partial charge is 0.348 e. The molecule has 1 heterocycles. The van der Waals surface area contributed by atoms with Gasteiger partial charge in [-0.25, -0.2) is 0 Å². The number of nitrogens with two attached hydrogens (primary N) is 1. The van der Waals surface area contributed by atoms with Crippen LogP contribution in [-0.4, -0.2) is 22.1 Å². The number of rotatable bonds is 5. The van der Waals surface area contributed by atoms with Crippen molar-refractivity contribution in [2.24, 2.45) is 11.7 Å². The monoisotopic (exact) mass is 284 g/mol. The average molecular weight is 284 g/mol. The van der Waals surface area contributed by atoms with E-state index in [2.05, 4.69) is 36.3 Å². The van der Waals surface area contributed by atoms with Gasteiger partial charge in [-0.2, -0.15) is 0 Å². The van der Waals surface area contributed by atoms with E-state index >= 15 is 0 Å². The number of aromatic nitrogens is 2. The molecule has 0 spiro atoms. The molecule has 3 N–H and O–H groups in total. The zero-order valence-corrected chi connectivity index (χ0v) is 13.2. The Balaban J connectivity index is 2.49. The van der Waals surface area contributed by atoms with E-state index in [1.165, 1.54) is 11.3 Å². The summed E-state index contributed by atoms with van der Waals surface area (Å²) in [5.74, 6) is 0.288. The number of hydrogen-bond acceptors (Lipinski definition) is 5. The number of carbonyl (C=O) groups excluding carboxylic acids is 1. The molecule has 0 fully saturated rings. The molecule has 0 aromatic carbocycles. The Morgan fingerprint density at radius 2 is 2.00 bits per heavy atom. The van der Waals surface area contributed by atoms with Crippen LogP contribution in [0.3, 0.4) is 0 Å². The molecule has 0 saturated heterocycles. The van der Waals surface area contributed by atoms with Crippen LogP contribution in [0.1, 0.15) is 51.1 Å². The van der Waals surface area contributed by atoms with Gasteiger partial charge in [-0.15, -0.1) is 10.2 Å². The fraction of sp³-hybridized carbons (Fsp3) is 0.769. The molecule has 0 aliphatic carbocycles. The molecular formula is C13H24N4OS. The maximum Gasteiger partial charge on any atom is 0.237 e. The van der Waals surface area contributed by atoms with Crippen LogP contribution in [0.5, 0.6) is 0 Å². The van der Waals surface area contributed by atoms with Crippen LogP contribution < -0.4 is 11.1 Å². The maximum atomic E-state index is 11.8. The van der Waals surface area contributed by atoms with Gasteiger partial charge in [0.05, 0.1) is 12.6 Å². The number of hydrogen-bond donors (Lipinski definition) is 2. The lowest BCUT2D eigenvalue weighted by Crippen LogP contribution is -2.41. The number of carbonyl (C=O) groups is 1. The molecule has 1 atom stereocenters. The molecule has 108 valence electrons. The van der Waals surface area contributed by atoms with Gasteiger partial charge in [0.1, 0.15) is 10.0 Å². The summed E-state index contributed by atoms with van der Waals surface area (Å²) >= 11 is 1.53. The minimum absolute atomic E-state index is 0.00598. The van der Waals surface area contributed by atoms with Crippen molar-refractivity contribution in [3.05, 3.63) is 10.0 Å². The molecule has 6 heteroatoms. The Kier molecular flexibility index (Phi) is 5.43. The second kappa shape index (κ2) is 6.43.